The van der Waals surface area contributed by atoms with E-state index in [0.717, 1.165) is 25.9 Å². The number of hydrogen-bond acceptors (Lipinski definition) is 3. The van der Waals surface area contributed by atoms with E-state index in [1.807, 2.05) is 6.07 Å². The van der Waals surface area contributed by atoms with Gasteiger partial charge in [0.05, 0.1) is 11.0 Å². The second-order valence-electron chi connectivity index (χ2n) is 6.33. The molecule has 1 aromatic heterocycles. The van der Waals surface area contributed by atoms with Crippen LogP contribution < -0.4 is 11.1 Å². The van der Waals surface area contributed by atoms with Crippen LogP contribution >= 0.6 is 0 Å². The molecule has 122 valence electrons. The first-order valence-electron chi connectivity index (χ1n) is 7.95. The third-order valence-corrected chi connectivity index (χ3v) is 4.57. The van der Waals surface area contributed by atoms with Gasteiger partial charge in [-0.3, -0.25) is 19.0 Å². The molecule has 1 aliphatic rings. The Balaban J connectivity index is 2.02. The summed E-state index contributed by atoms with van der Waals surface area (Å²) in [7, 11) is 1.57. The third-order valence-electron chi connectivity index (χ3n) is 4.57. The van der Waals surface area contributed by atoms with Gasteiger partial charge in [-0.1, -0.05) is 19.1 Å². The van der Waals surface area contributed by atoms with Gasteiger partial charge in [0.1, 0.15) is 6.54 Å². The molecule has 1 aliphatic heterocycles. The van der Waals surface area contributed by atoms with E-state index in [-0.39, 0.29) is 12.5 Å². The van der Waals surface area contributed by atoms with Crippen LogP contribution in [0.15, 0.2) is 33.9 Å². The molecular weight excluding hydrogens is 294 g/mol. The summed E-state index contributed by atoms with van der Waals surface area (Å²) in [6.07, 6.45) is 2.11. The predicted octanol–water partition coefficient (Wildman–Crippen LogP) is 0.959. The second-order valence-corrected chi connectivity index (χ2v) is 6.33. The average Bonchev–Trinajstić information content (AvgIpc) is 2.56. The van der Waals surface area contributed by atoms with Crippen LogP contribution in [0.2, 0.25) is 0 Å². The van der Waals surface area contributed by atoms with E-state index in [1.165, 1.54) is 9.13 Å². The van der Waals surface area contributed by atoms with Crippen LogP contribution in [0.3, 0.4) is 0 Å². The molecule has 6 nitrogen and oxygen atoms in total. The van der Waals surface area contributed by atoms with Gasteiger partial charge in [-0.15, -0.1) is 0 Å². The molecule has 2 aromatic rings. The number of benzene rings is 1. The molecule has 0 radical (unpaired) electrons. The Hall–Kier alpha value is -2.37. The van der Waals surface area contributed by atoms with Crippen molar-refractivity contribution in [2.45, 2.75) is 26.3 Å². The zero-order valence-electron chi connectivity index (χ0n) is 13.5. The maximum absolute atomic E-state index is 12.6. The summed E-state index contributed by atoms with van der Waals surface area (Å²) in [6.45, 7) is 3.48. The van der Waals surface area contributed by atoms with E-state index >= 15 is 0 Å². The van der Waals surface area contributed by atoms with Crippen molar-refractivity contribution in [1.82, 2.24) is 14.0 Å². The molecular formula is C17H21N3O3. The molecule has 1 unspecified atom stereocenters. The summed E-state index contributed by atoms with van der Waals surface area (Å²) in [6, 6.07) is 7.16. The van der Waals surface area contributed by atoms with Gasteiger partial charge in [0, 0.05) is 20.1 Å². The summed E-state index contributed by atoms with van der Waals surface area (Å²) in [5.74, 6) is 0.377. The van der Waals surface area contributed by atoms with E-state index in [4.69, 9.17) is 0 Å². The maximum atomic E-state index is 12.6. The van der Waals surface area contributed by atoms with Crippen molar-refractivity contribution in [3.8, 4) is 0 Å². The smallest absolute Gasteiger partial charge is 0.317 e. The highest BCUT2D eigenvalue weighted by Gasteiger charge is 2.22. The predicted molar refractivity (Wildman–Crippen MR) is 88.4 cm³/mol. The molecule has 1 fully saturated rings. The Morgan fingerprint density at radius 2 is 1.87 bits per heavy atom. The Kier molecular flexibility index (Phi) is 4.07. The van der Waals surface area contributed by atoms with Gasteiger partial charge >= 0.3 is 11.1 Å². The van der Waals surface area contributed by atoms with Crippen LogP contribution in [0, 0.1) is 5.92 Å². The Bertz CT molecular complexity index is 865. The fourth-order valence-electron chi connectivity index (χ4n) is 3.26. The number of para-hydroxylation sites is 2. The number of likely N-dealkylation sites (tertiary alicyclic amines) is 1. The van der Waals surface area contributed by atoms with Crippen LogP contribution in [0.5, 0.6) is 0 Å². The maximum Gasteiger partial charge on any atom is 0.317 e. The average molecular weight is 315 g/mol. The van der Waals surface area contributed by atoms with E-state index in [1.54, 1.807) is 30.1 Å². The van der Waals surface area contributed by atoms with Gasteiger partial charge in [0.15, 0.2) is 0 Å². The minimum absolute atomic E-state index is 0.0812. The molecule has 23 heavy (non-hydrogen) atoms. The quantitative estimate of drug-likeness (QED) is 0.775. The van der Waals surface area contributed by atoms with E-state index in [2.05, 4.69) is 6.92 Å². The first-order chi connectivity index (χ1) is 11.0. The molecule has 3 rings (SSSR count). The topological polar surface area (TPSA) is 64.3 Å². The number of fused-ring (bicyclic) bond motifs is 1. The fraction of sp³-hybridized carbons (Fsp3) is 0.471. The van der Waals surface area contributed by atoms with Crippen LogP contribution in [0.4, 0.5) is 0 Å². The van der Waals surface area contributed by atoms with Crippen molar-refractivity contribution in [2.24, 2.45) is 13.0 Å². The molecule has 1 atom stereocenters. The molecule has 2 heterocycles. The van der Waals surface area contributed by atoms with E-state index in [0.29, 0.717) is 17.0 Å². The Morgan fingerprint density at radius 3 is 2.57 bits per heavy atom. The van der Waals surface area contributed by atoms with Gasteiger partial charge < -0.3 is 9.47 Å². The molecule has 0 aliphatic carbocycles. The van der Waals surface area contributed by atoms with Crippen molar-refractivity contribution in [3.63, 3.8) is 0 Å². The highest BCUT2D eigenvalue weighted by Crippen LogP contribution is 2.16. The van der Waals surface area contributed by atoms with Gasteiger partial charge in [-0.25, -0.2) is 0 Å². The van der Waals surface area contributed by atoms with Crippen molar-refractivity contribution in [1.29, 1.82) is 0 Å². The van der Waals surface area contributed by atoms with Crippen LogP contribution in [-0.4, -0.2) is 33.0 Å². The first-order valence-corrected chi connectivity index (χ1v) is 7.95. The molecule has 0 bridgehead atoms. The molecule has 0 N–H and O–H groups in total. The summed E-state index contributed by atoms with van der Waals surface area (Å²) >= 11 is 0. The Morgan fingerprint density at radius 1 is 1.17 bits per heavy atom. The van der Waals surface area contributed by atoms with E-state index in [9.17, 15) is 14.4 Å². The van der Waals surface area contributed by atoms with Crippen molar-refractivity contribution in [2.75, 3.05) is 13.1 Å². The number of aromatic nitrogens is 2. The summed E-state index contributed by atoms with van der Waals surface area (Å²) in [5, 5.41) is 0. The van der Waals surface area contributed by atoms with Crippen LogP contribution in [0.1, 0.15) is 19.8 Å². The number of aryl methyl sites for hydroxylation is 1. The lowest BCUT2D eigenvalue weighted by atomic mass is 10.0. The minimum Gasteiger partial charge on any atom is -0.341 e. The van der Waals surface area contributed by atoms with Crippen molar-refractivity contribution in [3.05, 3.63) is 45.0 Å². The molecule has 1 aromatic carbocycles. The zero-order chi connectivity index (χ0) is 16.6. The number of rotatable bonds is 2. The van der Waals surface area contributed by atoms with Gasteiger partial charge in [-0.05, 0) is 30.9 Å². The van der Waals surface area contributed by atoms with Crippen LogP contribution in [-0.2, 0) is 18.4 Å². The first kappa shape index (κ1) is 15.5. The normalized spacial score (nSPS) is 18.3. The fourth-order valence-corrected chi connectivity index (χ4v) is 3.26. The number of carbonyl (C=O) groups is 1. The van der Waals surface area contributed by atoms with Gasteiger partial charge in [0.2, 0.25) is 5.91 Å². The third kappa shape index (κ3) is 2.81. The second kappa shape index (κ2) is 6.02. The lowest BCUT2D eigenvalue weighted by molar-refractivity contribution is -0.133. The number of nitrogens with zero attached hydrogens (tertiary/aromatic N) is 3. The monoisotopic (exact) mass is 315 g/mol. The lowest BCUT2D eigenvalue weighted by Crippen LogP contribution is -2.46. The summed E-state index contributed by atoms with van der Waals surface area (Å²) < 4.78 is 2.64. The number of piperidine rings is 1. The van der Waals surface area contributed by atoms with Crippen molar-refractivity contribution < 1.29 is 4.79 Å². The number of carbonyl (C=O) groups excluding carboxylic acids is 1. The van der Waals surface area contributed by atoms with Crippen LogP contribution in [0.25, 0.3) is 11.0 Å². The van der Waals surface area contributed by atoms with Crippen molar-refractivity contribution >= 4 is 16.9 Å². The van der Waals surface area contributed by atoms with Gasteiger partial charge in [-0.2, -0.15) is 0 Å². The van der Waals surface area contributed by atoms with Gasteiger partial charge in [0.25, 0.3) is 0 Å². The molecule has 0 spiro atoms. The van der Waals surface area contributed by atoms with E-state index < -0.39 is 11.1 Å². The molecule has 1 saturated heterocycles. The summed E-state index contributed by atoms with van der Waals surface area (Å²) in [5.41, 5.74) is 0.00282. The number of hydrogen-bond donors (Lipinski definition) is 0. The zero-order valence-corrected chi connectivity index (χ0v) is 13.5. The standard InChI is InChI=1S/C17H21N3O3/c1-12-6-5-9-19(10-12)15(21)11-20-14-8-4-3-7-13(14)18(2)16(22)17(20)23/h3-4,7-8,12H,5-6,9-11H2,1-2H3. The highest BCUT2D eigenvalue weighted by atomic mass is 16.2. The molecule has 0 saturated carbocycles. The molecule has 1 amide bonds. The highest BCUT2D eigenvalue weighted by molar-refractivity contribution is 5.80. The summed E-state index contributed by atoms with van der Waals surface area (Å²) in [4.78, 5) is 38.8. The largest absolute Gasteiger partial charge is 0.341 e. The lowest BCUT2D eigenvalue weighted by Gasteiger charge is -2.31. The number of amides is 1. The SMILES string of the molecule is CC1CCCN(C(=O)Cn2c(=O)c(=O)n(C)c3ccccc32)C1. The molecule has 6 heteroatoms. The Labute approximate surface area is 133 Å². The minimum atomic E-state index is -0.649.